The topological polar surface area (TPSA) is 65.1 Å². The Bertz CT molecular complexity index is 1400. The van der Waals surface area contributed by atoms with Gasteiger partial charge in [0.15, 0.2) is 11.6 Å². The average Bonchev–Trinajstić information content (AvgIpc) is 3.28. The van der Waals surface area contributed by atoms with E-state index in [1.807, 2.05) is 30.3 Å². The summed E-state index contributed by atoms with van der Waals surface area (Å²) in [5.41, 5.74) is 2.10. The van der Waals surface area contributed by atoms with Crippen LogP contribution in [0, 0.1) is 17.0 Å². The van der Waals surface area contributed by atoms with Crippen molar-refractivity contribution in [2.45, 2.75) is 18.9 Å². The van der Waals surface area contributed by atoms with Crippen LogP contribution in [0.25, 0.3) is 11.0 Å². The van der Waals surface area contributed by atoms with E-state index in [0.717, 1.165) is 34.8 Å². The standard InChI is InChI=1S/C25H20ClF2N5O/c26-15-4-7-19-21(13-15)31-24(30-19)32-11-8-25(9-12-32)22(20-3-1-2-10-29-20)33(23(25)34)16-5-6-17(27)18(28)14-16/h1-7,10,13-14,22H,8-9,11-12H2,(H,30,31). The summed E-state index contributed by atoms with van der Waals surface area (Å²) in [7, 11) is 0. The van der Waals surface area contributed by atoms with Crippen LogP contribution in [0.15, 0.2) is 60.8 Å². The fraction of sp³-hybridized carbons (Fsp3) is 0.240. The highest BCUT2D eigenvalue weighted by molar-refractivity contribution is 6.31. The zero-order chi connectivity index (χ0) is 23.4. The van der Waals surface area contributed by atoms with Crippen LogP contribution in [0.1, 0.15) is 24.6 Å². The van der Waals surface area contributed by atoms with Crippen molar-refractivity contribution in [3.05, 3.63) is 83.1 Å². The van der Waals surface area contributed by atoms with Crippen LogP contribution in [0.5, 0.6) is 0 Å². The van der Waals surface area contributed by atoms with E-state index in [1.54, 1.807) is 17.2 Å². The van der Waals surface area contributed by atoms with Gasteiger partial charge in [0.2, 0.25) is 11.9 Å². The van der Waals surface area contributed by atoms with Gasteiger partial charge < -0.3 is 14.8 Å². The lowest BCUT2D eigenvalue weighted by molar-refractivity contribution is -0.142. The number of rotatable bonds is 3. The van der Waals surface area contributed by atoms with Crippen LogP contribution < -0.4 is 9.80 Å². The number of benzene rings is 2. The number of pyridine rings is 1. The number of fused-ring (bicyclic) bond motifs is 1. The van der Waals surface area contributed by atoms with Gasteiger partial charge in [-0.25, -0.2) is 13.8 Å². The van der Waals surface area contributed by atoms with E-state index < -0.39 is 17.0 Å². The number of nitrogens with one attached hydrogen (secondary N) is 1. The first-order valence-electron chi connectivity index (χ1n) is 11.1. The molecule has 1 spiro atoms. The van der Waals surface area contributed by atoms with E-state index in [-0.39, 0.29) is 11.9 Å². The van der Waals surface area contributed by atoms with Crippen LogP contribution in [0.4, 0.5) is 20.4 Å². The summed E-state index contributed by atoms with van der Waals surface area (Å²) in [4.78, 5) is 29.7. The van der Waals surface area contributed by atoms with Crippen molar-refractivity contribution in [1.82, 2.24) is 15.0 Å². The quantitative estimate of drug-likeness (QED) is 0.407. The maximum absolute atomic E-state index is 14.0. The Labute approximate surface area is 199 Å². The number of carbonyl (C=O) groups is 1. The third kappa shape index (κ3) is 3.16. The first kappa shape index (κ1) is 21.0. The van der Waals surface area contributed by atoms with E-state index in [2.05, 4.69) is 19.9 Å². The smallest absolute Gasteiger partial charge is 0.236 e. The molecule has 2 saturated heterocycles. The third-order valence-electron chi connectivity index (χ3n) is 6.96. The second-order valence-electron chi connectivity index (χ2n) is 8.80. The van der Waals surface area contributed by atoms with Gasteiger partial charge in [-0.1, -0.05) is 17.7 Å². The number of hydrogen-bond acceptors (Lipinski definition) is 4. The van der Waals surface area contributed by atoms with Crippen molar-refractivity contribution in [3.8, 4) is 0 Å². The van der Waals surface area contributed by atoms with E-state index >= 15 is 0 Å². The molecule has 0 aliphatic carbocycles. The summed E-state index contributed by atoms with van der Waals surface area (Å²) in [5.74, 6) is -1.27. The van der Waals surface area contributed by atoms with Crippen molar-refractivity contribution in [3.63, 3.8) is 0 Å². The number of imidazole rings is 1. The molecule has 0 saturated carbocycles. The third-order valence-corrected chi connectivity index (χ3v) is 7.20. The predicted octanol–water partition coefficient (Wildman–Crippen LogP) is 5.26. The highest BCUT2D eigenvalue weighted by Gasteiger charge is 2.62. The number of hydrogen-bond donors (Lipinski definition) is 1. The van der Waals surface area contributed by atoms with E-state index in [4.69, 9.17) is 11.6 Å². The summed E-state index contributed by atoms with van der Waals surface area (Å²) < 4.78 is 27.5. The Morgan fingerprint density at radius 3 is 2.59 bits per heavy atom. The average molecular weight is 480 g/mol. The molecule has 6 nitrogen and oxygen atoms in total. The molecule has 2 fully saturated rings. The molecule has 172 valence electrons. The molecule has 2 aromatic carbocycles. The Morgan fingerprint density at radius 2 is 1.85 bits per heavy atom. The number of aromatic amines is 1. The van der Waals surface area contributed by atoms with Crippen molar-refractivity contribution < 1.29 is 13.6 Å². The fourth-order valence-electron chi connectivity index (χ4n) is 5.23. The summed E-state index contributed by atoms with van der Waals surface area (Å²) in [5, 5.41) is 0.635. The molecular weight excluding hydrogens is 460 g/mol. The second-order valence-corrected chi connectivity index (χ2v) is 9.23. The zero-order valence-corrected chi connectivity index (χ0v) is 18.8. The molecule has 2 aliphatic rings. The van der Waals surface area contributed by atoms with E-state index in [1.165, 1.54) is 6.07 Å². The summed E-state index contributed by atoms with van der Waals surface area (Å²) in [6.45, 7) is 1.24. The van der Waals surface area contributed by atoms with Gasteiger partial charge in [0.1, 0.15) is 0 Å². The minimum absolute atomic E-state index is 0.0924. The minimum Gasteiger partial charge on any atom is -0.342 e. The van der Waals surface area contributed by atoms with Gasteiger partial charge in [0, 0.05) is 36.1 Å². The second kappa shape index (κ2) is 7.77. The van der Waals surface area contributed by atoms with Gasteiger partial charge in [-0.2, -0.15) is 0 Å². The lowest BCUT2D eigenvalue weighted by atomic mass is 9.63. The molecule has 2 aliphatic heterocycles. The van der Waals surface area contributed by atoms with Gasteiger partial charge >= 0.3 is 0 Å². The highest BCUT2D eigenvalue weighted by Crippen LogP contribution is 2.57. The number of carbonyl (C=O) groups excluding carboxylic acids is 1. The number of halogens is 3. The maximum Gasteiger partial charge on any atom is 0.236 e. The Morgan fingerprint density at radius 1 is 1.03 bits per heavy atom. The Hall–Kier alpha value is -3.52. The Balaban J connectivity index is 1.31. The molecule has 1 atom stereocenters. The van der Waals surface area contributed by atoms with Crippen LogP contribution in [-0.4, -0.2) is 33.9 Å². The normalized spacial score (nSPS) is 19.6. The lowest BCUT2D eigenvalue weighted by Gasteiger charge is -2.58. The number of amides is 1. The molecule has 1 N–H and O–H groups in total. The summed E-state index contributed by atoms with van der Waals surface area (Å²) in [6, 6.07) is 14.3. The molecule has 6 rings (SSSR count). The van der Waals surface area contributed by atoms with Gasteiger partial charge in [-0.15, -0.1) is 0 Å². The van der Waals surface area contributed by atoms with E-state index in [9.17, 15) is 13.6 Å². The fourth-order valence-corrected chi connectivity index (χ4v) is 5.40. The molecule has 34 heavy (non-hydrogen) atoms. The van der Waals surface area contributed by atoms with Gasteiger partial charge in [0.05, 0.1) is 28.2 Å². The minimum atomic E-state index is -0.981. The highest BCUT2D eigenvalue weighted by atomic mass is 35.5. The van der Waals surface area contributed by atoms with Crippen LogP contribution in [-0.2, 0) is 4.79 Å². The number of H-pyrrole nitrogens is 1. The monoisotopic (exact) mass is 479 g/mol. The molecule has 2 aromatic heterocycles. The van der Waals surface area contributed by atoms with E-state index in [0.29, 0.717) is 36.6 Å². The van der Waals surface area contributed by atoms with Gasteiger partial charge in [-0.3, -0.25) is 9.78 Å². The predicted molar refractivity (Wildman–Crippen MR) is 126 cm³/mol. The summed E-state index contributed by atoms with van der Waals surface area (Å²) in [6.07, 6.45) is 2.86. The molecule has 4 heterocycles. The molecule has 1 amide bonds. The number of piperidine rings is 1. The maximum atomic E-state index is 14.0. The molecule has 1 unspecified atom stereocenters. The molecular formula is C25H20ClF2N5O. The first-order valence-corrected chi connectivity index (χ1v) is 11.4. The number of anilines is 2. The van der Waals surface area contributed by atoms with Crippen molar-refractivity contribution in [2.24, 2.45) is 5.41 Å². The molecule has 4 aromatic rings. The molecule has 0 bridgehead atoms. The van der Waals surface area contributed by atoms with Gasteiger partial charge in [0.25, 0.3) is 0 Å². The number of nitrogens with zero attached hydrogens (tertiary/aromatic N) is 4. The Kier molecular flexibility index (Phi) is 4.81. The largest absolute Gasteiger partial charge is 0.342 e. The number of aromatic nitrogens is 3. The zero-order valence-electron chi connectivity index (χ0n) is 18.0. The van der Waals surface area contributed by atoms with Gasteiger partial charge in [-0.05, 0) is 55.3 Å². The van der Waals surface area contributed by atoms with Crippen LogP contribution >= 0.6 is 11.6 Å². The number of β-lactam (4-membered cyclic amide) rings is 1. The van der Waals surface area contributed by atoms with Crippen molar-refractivity contribution in [1.29, 1.82) is 0 Å². The summed E-state index contributed by atoms with van der Waals surface area (Å²) >= 11 is 6.10. The van der Waals surface area contributed by atoms with Crippen LogP contribution in [0.3, 0.4) is 0 Å². The SMILES string of the molecule is O=C1N(c2ccc(F)c(F)c2)C(c2ccccn2)C12CCN(c1nc3ccc(Cl)cc3[nH]1)CC2. The lowest BCUT2D eigenvalue weighted by Crippen LogP contribution is -2.67. The first-order chi connectivity index (χ1) is 16.5. The molecule has 0 radical (unpaired) electrons. The van der Waals surface area contributed by atoms with Crippen LogP contribution in [0.2, 0.25) is 5.02 Å². The van der Waals surface area contributed by atoms with Crippen molar-refractivity contribution in [2.75, 3.05) is 22.9 Å². The molecule has 9 heteroatoms. The van der Waals surface area contributed by atoms with Crippen molar-refractivity contribution >= 4 is 40.2 Å².